The van der Waals surface area contributed by atoms with Gasteiger partial charge in [-0.15, -0.1) is 0 Å². The zero-order valence-corrected chi connectivity index (χ0v) is 11.9. The van der Waals surface area contributed by atoms with Crippen molar-refractivity contribution in [2.24, 2.45) is 0 Å². The number of nitrogens with one attached hydrogen (secondary N) is 1. The molecule has 3 nitrogen and oxygen atoms in total. The summed E-state index contributed by atoms with van der Waals surface area (Å²) < 4.78 is 5.47. The summed E-state index contributed by atoms with van der Waals surface area (Å²) in [5, 5.41) is 4.80. The first-order valence-corrected chi connectivity index (χ1v) is 6.91. The van der Waals surface area contributed by atoms with Crippen LogP contribution in [0.4, 0.5) is 0 Å². The summed E-state index contributed by atoms with van der Waals surface area (Å²) in [5.41, 5.74) is 2.04. The second kappa shape index (κ2) is 5.65. The zero-order valence-electron chi connectivity index (χ0n) is 11.1. The fourth-order valence-electron chi connectivity index (χ4n) is 2.29. The lowest BCUT2D eigenvalue weighted by atomic mass is 10.1. The third-order valence-electron chi connectivity index (χ3n) is 3.36. The first-order chi connectivity index (χ1) is 9.76. The summed E-state index contributed by atoms with van der Waals surface area (Å²) in [7, 11) is 1.90. The molecule has 2 aromatic heterocycles. The topological polar surface area (TPSA) is 38.1 Å². The van der Waals surface area contributed by atoms with Crippen molar-refractivity contribution < 1.29 is 4.42 Å². The number of furan rings is 1. The van der Waals surface area contributed by atoms with E-state index in [2.05, 4.69) is 28.5 Å². The Morgan fingerprint density at radius 1 is 1.15 bits per heavy atom. The number of pyridine rings is 1. The predicted octanol–water partition coefficient (Wildman–Crippen LogP) is 3.98. The number of rotatable bonds is 4. The second-order valence-electron chi connectivity index (χ2n) is 4.68. The van der Waals surface area contributed by atoms with Gasteiger partial charge in [0.05, 0.1) is 11.6 Å². The zero-order chi connectivity index (χ0) is 13.9. The molecule has 1 atom stereocenters. The van der Waals surface area contributed by atoms with Gasteiger partial charge in [-0.25, -0.2) is 0 Å². The highest BCUT2D eigenvalue weighted by molar-refractivity contribution is 6.28. The second-order valence-corrected chi connectivity index (χ2v) is 5.06. The molecule has 102 valence electrons. The predicted molar refractivity (Wildman–Crippen MR) is 81.0 cm³/mol. The highest BCUT2D eigenvalue weighted by Crippen LogP contribution is 2.23. The van der Waals surface area contributed by atoms with Crippen LogP contribution in [0.1, 0.15) is 17.5 Å². The van der Waals surface area contributed by atoms with E-state index >= 15 is 0 Å². The Balaban J connectivity index is 1.87. The van der Waals surface area contributed by atoms with Crippen LogP contribution < -0.4 is 5.32 Å². The number of fused-ring (bicyclic) bond motifs is 1. The number of nitrogens with zero attached hydrogens (tertiary/aromatic N) is 1. The lowest BCUT2D eigenvalue weighted by Gasteiger charge is -2.13. The van der Waals surface area contributed by atoms with Crippen LogP contribution >= 0.6 is 11.6 Å². The molecule has 4 heteroatoms. The first-order valence-electron chi connectivity index (χ1n) is 6.53. The summed E-state index contributed by atoms with van der Waals surface area (Å²) in [5.74, 6) is 0.826. The van der Waals surface area contributed by atoms with Crippen LogP contribution in [-0.4, -0.2) is 12.0 Å². The Morgan fingerprint density at radius 3 is 2.75 bits per heavy atom. The van der Waals surface area contributed by atoms with Crippen LogP contribution in [0.15, 0.2) is 52.9 Å². The molecule has 0 radical (unpaired) electrons. The van der Waals surface area contributed by atoms with Crippen molar-refractivity contribution in [1.82, 2.24) is 10.3 Å². The van der Waals surface area contributed by atoms with Crippen molar-refractivity contribution in [2.45, 2.75) is 12.5 Å². The van der Waals surface area contributed by atoms with Crippen molar-refractivity contribution in [2.75, 3.05) is 7.05 Å². The van der Waals surface area contributed by atoms with E-state index in [1.54, 1.807) is 6.07 Å². The number of likely N-dealkylation sites (N-methyl/N-ethyl adjacent to an activating group) is 1. The van der Waals surface area contributed by atoms with Gasteiger partial charge in [-0.1, -0.05) is 24.3 Å². The summed E-state index contributed by atoms with van der Waals surface area (Å²) in [6, 6.07) is 16.0. The third-order valence-corrected chi connectivity index (χ3v) is 3.56. The van der Waals surface area contributed by atoms with Crippen LogP contribution in [0.2, 0.25) is 5.22 Å². The van der Waals surface area contributed by atoms with Gasteiger partial charge in [0.1, 0.15) is 5.76 Å². The lowest BCUT2D eigenvalue weighted by Crippen LogP contribution is -2.18. The average molecular weight is 287 g/mol. The fraction of sp³-hybridized carbons (Fsp3) is 0.188. The van der Waals surface area contributed by atoms with Crippen LogP contribution in [0.3, 0.4) is 0 Å². The summed E-state index contributed by atoms with van der Waals surface area (Å²) in [6.07, 6.45) is 0.755. The van der Waals surface area contributed by atoms with Crippen molar-refractivity contribution >= 4 is 22.5 Å². The molecule has 0 aliphatic carbocycles. The van der Waals surface area contributed by atoms with Crippen LogP contribution in [0.25, 0.3) is 10.9 Å². The normalized spacial score (nSPS) is 12.7. The molecule has 0 aliphatic rings. The van der Waals surface area contributed by atoms with Gasteiger partial charge in [-0.2, -0.15) is 0 Å². The number of para-hydroxylation sites is 1. The average Bonchev–Trinajstić information content (AvgIpc) is 2.91. The largest absolute Gasteiger partial charge is 0.448 e. The van der Waals surface area contributed by atoms with E-state index in [0.29, 0.717) is 5.22 Å². The standard InChI is InChI=1S/C16H15ClN2O/c1-18-14(15-8-9-16(17)20-15)10-12-7-6-11-4-2-3-5-13(11)19-12/h2-9,14,18H,10H2,1H3. The Hall–Kier alpha value is -1.84. The molecule has 0 bridgehead atoms. The number of halogens is 1. The fourth-order valence-corrected chi connectivity index (χ4v) is 2.44. The van der Waals surface area contributed by atoms with Gasteiger partial charge in [-0.3, -0.25) is 4.98 Å². The third kappa shape index (κ3) is 2.69. The number of benzene rings is 1. The molecule has 0 aliphatic heterocycles. The minimum atomic E-state index is 0.0659. The molecular weight excluding hydrogens is 272 g/mol. The molecule has 0 spiro atoms. The molecule has 1 N–H and O–H groups in total. The Bertz CT molecular complexity index is 723. The van der Waals surface area contributed by atoms with E-state index in [9.17, 15) is 0 Å². The molecule has 0 saturated heterocycles. The van der Waals surface area contributed by atoms with E-state index in [0.717, 1.165) is 28.8 Å². The summed E-state index contributed by atoms with van der Waals surface area (Å²) in [4.78, 5) is 4.68. The number of hydrogen-bond donors (Lipinski definition) is 1. The first kappa shape index (κ1) is 13.2. The number of hydrogen-bond acceptors (Lipinski definition) is 3. The molecule has 0 saturated carbocycles. The quantitative estimate of drug-likeness (QED) is 0.788. The summed E-state index contributed by atoms with van der Waals surface area (Å²) >= 11 is 5.83. The molecule has 1 unspecified atom stereocenters. The Morgan fingerprint density at radius 2 is 2.00 bits per heavy atom. The Labute approximate surface area is 122 Å². The molecule has 3 aromatic rings. The molecule has 3 rings (SSSR count). The molecule has 1 aromatic carbocycles. The minimum absolute atomic E-state index is 0.0659. The van der Waals surface area contributed by atoms with Crippen LogP contribution in [0.5, 0.6) is 0 Å². The smallest absolute Gasteiger partial charge is 0.193 e. The van der Waals surface area contributed by atoms with E-state index in [-0.39, 0.29) is 6.04 Å². The van der Waals surface area contributed by atoms with Gasteiger partial charge < -0.3 is 9.73 Å². The molecular formula is C16H15ClN2O. The monoisotopic (exact) mass is 286 g/mol. The SMILES string of the molecule is CNC(Cc1ccc2ccccc2n1)c1ccc(Cl)o1. The minimum Gasteiger partial charge on any atom is -0.448 e. The molecule has 0 fully saturated rings. The van der Waals surface area contributed by atoms with Gasteiger partial charge in [0, 0.05) is 17.5 Å². The van der Waals surface area contributed by atoms with E-state index in [1.165, 1.54) is 0 Å². The van der Waals surface area contributed by atoms with Gasteiger partial charge >= 0.3 is 0 Å². The van der Waals surface area contributed by atoms with E-state index in [1.807, 2.05) is 31.3 Å². The highest BCUT2D eigenvalue weighted by Gasteiger charge is 2.15. The van der Waals surface area contributed by atoms with Gasteiger partial charge in [0.15, 0.2) is 5.22 Å². The van der Waals surface area contributed by atoms with Crippen molar-refractivity contribution in [3.05, 3.63) is 65.2 Å². The van der Waals surface area contributed by atoms with Crippen molar-refractivity contribution in [1.29, 1.82) is 0 Å². The maximum absolute atomic E-state index is 5.83. The van der Waals surface area contributed by atoms with Crippen LogP contribution in [0, 0.1) is 0 Å². The van der Waals surface area contributed by atoms with Gasteiger partial charge in [-0.05, 0) is 42.9 Å². The maximum atomic E-state index is 5.83. The van der Waals surface area contributed by atoms with Gasteiger partial charge in [0.25, 0.3) is 0 Å². The Kier molecular flexibility index (Phi) is 3.72. The maximum Gasteiger partial charge on any atom is 0.193 e. The van der Waals surface area contributed by atoms with Crippen molar-refractivity contribution in [3.8, 4) is 0 Å². The number of aromatic nitrogens is 1. The molecule has 2 heterocycles. The van der Waals surface area contributed by atoms with E-state index < -0.39 is 0 Å². The van der Waals surface area contributed by atoms with Gasteiger partial charge in [0.2, 0.25) is 0 Å². The molecule has 20 heavy (non-hydrogen) atoms. The van der Waals surface area contributed by atoms with Crippen molar-refractivity contribution in [3.63, 3.8) is 0 Å². The summed E-state index contributed by atoms with van der Waals surface area (Å²) in [6.45, 7) is 0. The van der Waals surface area contributed by atoms with E-state index in [4.69, 9.17) is 16.0 Å². The highest BCUT2D eigenvalue weighted by atomic mass is 35.5. The lowest BCUT2D eigenvalue weighted by molar-refractivity contribution is 0.429. The molecule has 0 amide bonds. The van der Waals surface area contributed by atoms with Crippen LogP contribution in [-0.2, 0) is 6.42 Å².